The minimum Gasteiger partial charge on any atom is -0.462 e. The lowest BCUT2D eigenvalue weighted by molar-refractivity contribution is -0.332. The molecule has 0 aromatic carbocycles. The molecule has 0 aliphatic carbocycles. The van der Waals surface area contributed by atoms with E-state index in [1.165, 1.54) is 0 Å². The monoisotopic (exact) mass is 584 g/mol. The summed E-state index contributed by atoms with van der Waals surface area (Å²) in [6.45, 7) is 1.93. The molecule has 0 amide bonds. The zero-order chi connectivity index (χ0) is 29.8. The van der Waals surface area contributed by atoms with Crippen molar-refractivity contribution in [3.05, 3.63) is 0 Å². The van der Waals surface area contributed by atoms with Gasteiger partial charge in [0.25, 0.3) is 0 Å². The highest BCUT2D eigenvalue weighted by Crippen LogP contribution is 2.26. The smallest absolute Gasteiger partial charge is 0.306 e. The first-order valence-electron chi connectivity index (χ1n) is 13.6. The van der Waals surface area contributed by atoms with Crippen LogP contribution < -0.4 is 0 Å². The quantitative estimate of drug-likeness (QED) is 0.0927. The molecule has 234 valence electrons. The Morgan fingerprint density at radius 1 is 0.700 bits per heavy atom. The molecular formula is C25H44O15. The fraction of sp³-hybridized carbons (Fsp3) is 0.920. The Bertz CT molecular complexity index is 752. The number of ether oxygens (including phenoxy) is 6. The van der Waals surface area contributed by atoms with Crippen molar-refractivity contribution in [3.8, 4) is 0 Å². The Morgan fingerprint density at radius 3 is 1.80 bits per heavy atom. The van der Waals surface area contributed by atoms with Crippen LogP contribution in [0.25, 0.3) is 0 Å². The summed E-state index contributed by atoms with van der Waals surface area (Å²) in [5.41, 5.74) is 0. The Labute approximate surface area is 232 Å². The first kappa shape index (κ1) is 34.7. The van der Waals surface area contributed by atoms with E-state index in [2.05, 4.69) is 0 Å². The van der Waals surface area contributed by atoms with Crippen molar-refractivity contribution >= 4 is 11.9 Å². The Morgan fingerprint density at radius 2 is 1.23 bits per heavy atom. The molecule has 11 unspecified atom stereocenters. The molecule has 0 radical (unpaired) electrons. The topological polar surface area (TPSA) is 231 Å². The number of hydrogen-bond donors (Lipinski definition) is 7. The summed E-state index contributed by atoms with van der Waals surface area (Å²) in [5, 5.41) is 70.4. The Balaban J connectivity index is 1.99. The van der Waals surface area contributed by atoms with Gasteiger partial charge >= 0.3 is 11.9 Å². The predicted octanol–water partition coefficient (Wildman–Crippen LogP) is -2.54. The molecule has 0 saturated carbocycles. The second kappa shape index (κ2) is 17.5. The molecule has 0 spiro atoms. The minimum atomic E-state index is -1.75. The number of esters is 2. The maximum Gasteiger partial charge on any atom is 0.306 e. The molecule has 2 aliphatic heterocycles. The van der Waals surface area contributed by atoms with Gasteiger partial charge in [0, 0.05) is 12.8 Å². The van der Waals surface area contributed by atoms with Crippen molar-refractivity contribution in [1.82, 2.24) is 0 Å². The van der Waals surface area contributed by atoms with Crippen molar-refractivity contribution in [3.63, 3.8) is 0 Å². The summed E-state index contributed by atoms with van der Waals surface area (Å²) in [6, 6.07) is 0. The van der Waals surface area contributed by atoms with Crippen LogP contribution >= 0.6 is 0 Å². The molecule has 15 nitrogen and oxygen atoms in total. The molecule has 2 rings (SSSR count). The molecule has 2 heterocycles. The number of carbonyl (C=O) groups excluding carboxylic acids is 2. The van der Waals surface area contributed by atoms with Gasteiger partial charge in [-0.3, -0.25) is 9.59 Å². The van der Waals surface area contributed by atoms with Gasteiger partial charge in [-0.15, -0.1) is 0 Å². The average molecular weight is 585 g/mol. The van der Waals surface area contributed by atoms with Crippen LogP contribution in [0.1, 0.15) is 52.4 Å². The van der Waals surface area contributed by atoms with Gasteiger partial charge in [-0.05, 0) is 12.8 Å². The van der Waals surface area contributed by atoms with E-state index in [1.54, 1.807) is 0 Å². The summed E-state index contributed by atoms with van der Waals surface area (Å²) >= 11 is 0. The maximum absolute atomic E-state index is 12.2. The lowest BCUT2D eigenvalue weighted by Crippen LogP contribution is -2.61. The molecule has 11 atom stereocenters. The molecule has 40 heavy (non-hydrogen) atoms. The van der Waals surface area contributed by atoms with Crippen LogP contribution in [0.15, 0.2) is 0 Å². The lowest BCUT2D eigenvalue weighted by Gasteiger charge is -2.42. The zero-order valence-corrected chi connectivity index (χ0v) is 22.8. The highest BCUT2D eigenvalue weighted by molar-refractivity contribution is 5.70. The third-order valence-electron chi connectivity index (χ3n) is 6.59. The van der Waals surface area contributed by atoms with E-state index in [4.69, 9.17) is 28.4 Å². The number of rotatable bonds is 16. The van der Waals surface area contributed by atoms with Gasteiger partial charge in [-0.2, -0.15) is 0 Å². The van der Waals surface area contributed by atoms with Gasteiger partial charge in [-0.1, -0.05) is 26.7 Å². The summed E-state index contributed by atoms with van der Waals surface area (Å²) in [7, 11) is 0. The van der Waals surface area contributed by atoms with E-state index in [9.17, 15) is 45.3 Å². The summed E-state index contributed by atoms with van der Waals surface area (Å²) in [4.78, 5) is 24.1. The van der Waals surface area contributed by atoms with Crippen LogP contribution in [0, 0.1) is 0 Å². The standard InChI is InChI=1S/C25H44O15/c1-3-5-7-16(27)35-10-13(38-17(28)8-6-4-2)11-36-24-23(34)21(32)19(30)15(40-24)12-37-25-22(33)20(31)18(29)14(9-26)39-25/h13-15,18-26,29-34H,3-12H2,1-2H3. The van der Waals surface area contributed by atoms with Crippen molar-refractivity contribution in [1.29, 1.82) is 0 Å². The highest BCUT2D eigenvalue weighted by Gasteiger charge is 2.47. The van der Waals surface area contributed by atoms with Crippen LogP contribution in [-0.4, -0.2) is 142 Å². The second-order valence-corrected chi connectivity index (χ2v) is 9.88. The summed E-state index contributed by atoms with van der Waals surface area (Å²) < 4.78 is 32.3. The van der Waals surface area contributed by atoms with Crippen molar-refractivity contribution in [2.24, 2.45) is 0 Å². The van der Waals surface area contributed by atoms with Crippen LogP contribution in [0.5, 0.6) is 0 Å². The molecule has 2 aliphatic rings. The molecular weight excluding hydrogens is 540 g/mol. The van der Waals surface area contributed by atoms with Crippen LogP contribution in [0.2, 0.25) is 0 Å². The van der Waals surface area contributed by atoms with Crippen molar-refractivity contribution in [2.75, 3.05) is 26.4 Å². The van der Waals surface area contributed by atoms with E-state index in [-0.39, 0.29) is 26.1 Å². The normalized spacial score (nSPS) is 35.2. The predicted molar refractivity (Wildman–Crippen MR) is 132 cm³/mol. The second-order valence-electron chi connectivity index (χ2n) is 9.88. The largest absolute Gasteiger partial charge is 0.462 e. The highest BCUT2D eigenvalue weighted by atomic mass is 16.7. The van der Waals surface area contributed by atoms with Gasteiger partial charge in [0.2, 0.25) is 0 Å². The number of hydrogen-bond acceptors (Lipinski definition) is 15. The van der Waals surface area contributed by atoms with Gasteiger partial charge in [-0.25, -0.2) is 0 Å². The van der Waals surface area contributed by atoms with Gasteiger partial charge in [0.15, 0.2) is 18.7 Å². The lowest BCUT2D eigenvalue weighted by atomic mass is 9.98. The van der Waals surface area contributed by atoms with E-state index in [0.717, 1.165) is 12.8 Å². The van der Waals surface area contributed by atoms with E-state index >= 15 is 0 Å². The first-order valence-corrected chi connectivity index (χ1v) is 13.6. The van der Waals surface area contributed by atoms with Crippen LogP contribution in [0.4, 0.5) is 0 Å². The number of carbonyl (C=O) groups is 2. The van der Waals surface area contributed by atoms with Crippen LogP contribution in [0.3, 0.4) is 0 Å². The molecule has 2 fully saturated rings. The first-order chi connectivity index (χ1) is 19.0. The molecule has 0 bridgehead atoms. The van der Waals surface area contributed by atoms with Gasteiger partial charge in [0.05, 0.1) is 19.8 Å². The third-order valence-corrected chi connectivity index (χ3v) is 6.59. The molecule has 0 aromatic heterocycles. The number of aliphatic hydroxyl groups excluding tert-OH is 7. The van der Waals surface area contributed by atoms with E-state index in [0.29, 0.717) is 12.8 Å². The van der Waals surface area contributed by atoms with Crippen molar-refractivity contribution in [2.45, 2.75) is 120 Å². The molecule has 0 aromatic rings. The molecule has 7 N–H and O–H groups in total. The Hall–Kier alpha value is -1.50. The van der Waals surface area contributed by atoms with Gasteiger partial charge in [0.1, 0.15) is 55.4 Å². The van der Waals surface area contributed by atoms with Crippen molar-refractivity contribution < 1.29 is 73.8 Å². The SMILES string of the molecule is CCCCC(=O)OCC(COC1OC(COC2OC(CO)C(O)C(O)C2O)C(O)C(O)C1O)OC(=O)CCCC. The fourth-order valence-corrected chi connectivity index (χ4v) is 4.05. The summed E-state index contributed by atoms with van der Waals surface area (Å²) in [6.07, 6.45) is -13.7. The average Bonchev–Trinajstić information content (AvgIpc) is 2.94. The van der Waals surface area contributed by atoms with Crippen LogP contribution in [-0.2, 0) is 38.0 Å². The molecule has 2 saturated heterocycles. The third kappa shape index (κ3) is 10.1. The number of unbranched alkanes of at least 4 members (excludes halogenated alkanes) is 2. The molecule has 15 heteroatoms. The van der Waals surface area contributed by atoms with E-state index < -0.39 is 92.7 Å². The Kier molecular flexibility index (Phi) is 15.1. The maximum atomic E-state index is 12.2. The fourth-order valence-electron chi connectivity index (χ4n) is 4.05. The van der Waals surface area contributed by atoms with E-state index in [1.807, 2.05) is 13.8 Å². The zero-order valence-electron chi connectivity index (χ0n) is 22.8. The minimum absolute atomic E-state index is 0.140. The van der Waals surface area contributed by atoms with Gasteiger partial charge < -0.3 is 64.2 Å². The summed E-state index contributed by atoms with van der Waals surface area (Å²) in [5.74, 6) is -1.01. The number of aliphatic hydroxyl groups is 7.